The molecular formula is C39H49N9O6. The average Bonchev–Trinajstić information content (AvgIpc) is 3.42. The summed E-state index contributed by atoms with van der Waals surface area (Å²) in [5.74, 6) is -1.45. The number of imide groups is 2. The molecular weight excluding hydrogens is 690 g/mol. The lowest BCUT2D eigenvalue weighted by Gasteiger charge is -2.36. The van der Waals surface area contributed by atoms with Crippen molar-refractivity contribution in [1.29, 1.82) is 0 Å². The van der Waals surface area contributed by atoms with Crippen LogP contribution in [0.3, 0.4) is 0 Å². The van der Waals surface area contributed by atoms with Gasteiger partial charge in [-0.2, -0.15) is 0 Å². The molecule has 2 saturated heterocycles. The lowest BCUT2D eigenvalue weighted by Crippen LogP contribution is -2.54. The third kappa shape index (κ3) is 9.13. The van der Waals surface area contributed by atoms with E-state index in [4.69, 9.17) is 5.73 Å². The highest BCUT2D eigenvalue weighted by atomic mass is 16.3. The quantitative estimate of drug-likeness (QED) is 0.100. The van der Waals surface area contributed by atoms with E-state index in [0.717, 1.165) is 88.3 Å². The van der Waals surface area contributed by atoms with E-state index in [1.807, 2.05) is 12.1 Å². The van der Waals surface area contributed by atoms with Gasteiger partial charge in [0.2, 0.25) is 17.7 Å². The lowest BCUT2D eigenvalue weighted by molar-refractivity contribution is -0.136. The molecule has 0 saturated carbocycles. The number of nitrogens with one attached hydrogen (secondary N) is 3. The van der Waals surface area contributed by atoms with Crippen molar-refractivity contribution in [3.05, 3.63) is 59.7 Å². The molecule has 1 unspecified atom stereocenters. The molecule has 6 rings (SSSR count). The maximum Gasteiger partial charge on any atom is 0.264 e. The van der Waals surface area contributed by atoms with Gasteiger partial charge in [0, 0.05) is 69.9 Å². The Bertz CT molecular complexity index is 1860. The van der Waals surface area contributed by atoms with Crippen molar-refractivity contribution in [1.82, 2.24) is 30.6 Å². The van der Waals surface area contributed by atoms with E-state index in [9.17, 15) is 29.1 Å². The minimum Gasteiger partial charge on any atom is -0.507 e. The van der Waals surface area contributed by atoms with Crippen LogP contribution in [-0.2, 0) is 14.4 Å². The van der Waals surface area contributed by atoms with Crippen LogP contribution in [-0.4, -0.2) is 106 Å². The van der Waals surface area contributed by atoms with Crippen molar-refractivity contribution < 1.29 is 29.1 Å². The van der Waals surface area contributed by atoms with Gasteiger partial charge in [0.25, 0.3) is 11.8 Å². The minimum atomic E-state index is -0.983. The molecule has 6 N–H and O–H groups in total. The number of fused-ring (bicyclic) bond motifs is 1. The zero-order chi connectivity index (χ0) is 38.0. The number of hydrogen-bond donors (Lipinski definition) is 5. The zero-order valence-electron chi connectivity index (χ0n) is 30.5. The lowest BCUT2D eigenvalue weighted by atomic mass is 10.0. The number of piperazine rings is 1. The Morgan fingerprint density at radius 2 is 1.57 bits per heavy atom. The SMILES string of the molecule is Nc1nnc(-c2ccccc2O)cc1N1CCN(CCNC(=O)CCCCCCCCCNc2cccc3c2C(=O)N(C2CCC(=O)NC2=O)C3=O)CC1. The number of phenolic OH excluding ortho intramolecular Hbond substituents is 1. The normalized spacial score (nSPS) is 17.4. The van der Waals surface area contributed by atoms with Gasteiger partial charge >= 0.3 is 0 Å². The second-order valence-corrected chi connectivity index (χ2v) is 14.0. The van der Waals surface area contributed by atoms with Gasteiger partial charge in [-0.15, -0.1) is 10.2 Å². The largest absolute Gasteiger partial charge is 0.507 e. The first-order valence-corrected chi connectivity index (χ1v) is 19.0. The third-order valence-corrected chi connectivity index (χ3v) is 10.3. The Labute approximate surface area is 314 Å². The molecule has 0 radical (unpaired) electrons. The molecule has 3 aliphatic heterocycles. The number of carbonyl (C=O) groups is 5. The molecule has 286 valence electrons. The number of benzene rings is 2. The van der Waals surface area contributed by atoms with Gasteiger partial charge in [0.05, 0.1) is 22.5 Å². The fourth-order valence-electron chi connectivity index (χ4n) is 7.30. The maximum absolute atomic E-state index is 13.2. The van der Waals surface area contributed by atoms with Crippen molar-refractivity contribution in [2.24, 2.45) is 0 Å². The molecule has 3 aliphatic rings. The summed E-state index contributed by atoms with van der Waals surface area (Å²) < 4.78 is 0. The summed E-state index contributed by atoms with van der Waals surface area (Å²) in [7, 11) is 0. The first kappa shape index (κ1) is 38.2. The number of aromatic nitrogens is 2. The van der Waals surface area contributed by atoms with Crippen LogP contribution in [0.25, 0.3) is 11.3 Å². The second kappa shape index (κ2) is 18.0. The molecule has 54 heavy (non-hydrogen) atoms. The highest BCUT2D eigenvalue weighted by Gasteiger charge is 2.45. The smallest absolute Gasteiger partial charge is 0.264 e. The van der Waals surface area contributed by atoms with Crippen molar-refractivity contribution in [2.45, 2.75) is 70.3 Å². The Kier molecular flexibility index (Phi) is 12.7. The summed E-state index contributed by atoms with van der Waals surface area (Å²) in [4.78, 5) is 68.1. The predicted octanol–water partition coefficient (Wildman–Crippen LogP) is 3.30. The molecule has 2 aromatic carbocycles. The topological polar surface area (TPSA) is 203 Å². The molecule has 4 heterocycles. The summed E-state index contributed by atoms with van der Waals surface area (Å²) in [5.41, 5.74) is 9.28. The third-order valence-electron chi connectivity index (χ3n) is 10.3. The summed E-state index contributed by atoms with van der Waals surface area (Å²) in [6.07, 6.45) is 7.72. The maximum atomic E-state index is 13.2. The van der Waals surface area contributed by atoms with Gasteiger partial charge in [-0.25, -0.2) is 0 Å². The molecule has 0 spiro atoms. The van der Waals surface area contributed by atoms with Crippen molar-refractivity contribution in [3.8, 4) is 17.0 Å². The number of carbonyl (C=O) groups excluding carboxylic acids is 5. The monoisotopic (exact) mass is 739 g/mol. The van der Waals surface area contributed by atoms with Crippen LogP contribution in [0, 0.1) is 0 Å². The number of nitrogens with zero attached hydrogens (tertiary/aromatic N) is 5. The molecule has 0 aliphatic carbocycles. The van der Waals surface area contributed by atoms with E-state index in [1.54, 1.807) is 36.4 Å². The molecule has 1 aromatic heterocycles. The van der Waals surface area contributed by atoms with Crippen LogP contribution >= 0.6 is 0 Å². The fourth-order valence-corrected chi connectivity index (χ4v) is 7.30. The van der Waals surface area contributed by atoms with Crippen LogP contribution in [0.4, 0.5) is 17.2 Å². The van der Waals surface area contributed by atoms with E-state index < -0.39 is 29.7 Å². The fraction of sp³-hybridized carbons (Fsp3) is 0.462. The van der Waals surface area contributed by atoms with Crippen molar-refractivity contribution in [3.63, 3.8) is 0 Å². The van der Waals surface area contributed by atoms with Gasteiger partial charge in [-0.05, 0) is 49.6 Å². The van der Waals surface area contributed by atoms with Gasteiger partial charge in [0.1, 0.15) is 11.8 Å². The zero-order valence-corrected chi connectivity index (χ0v) is 30.5. The van der Waals surface area contributed by atoms with Crippen LogP contribution < -0.4 is 26.6 Å². The molecule has 1 atom stereocenters. The van der Waals surface area contributed by atoms with E-state index in [0.29, 0.717) is 42.3 Å². The molecule has 5 amide bonds. The van der Waals surface area contributed by atoms with Crippen LogP contribution in [0.2, 0.25) is 0 Å². The molecule has 2 fully saturated rings. The number of hydrogen-bond acceptors (Lipinski definition) is 12. The number of phenols is 1. The summed E-state index contributed by atoms with van der Waals surface area (Å²) >= 11 is 0. The van der Waals surface area contributed by atoms with Gasteiger partial charge in [-0.1, -0.05) is 50.3 Å². The van der Waals surface area contributed by atoms with Crippen LogP contribution in [0.5, 0.6) is 5.75 Å². The average molecular weight is 740 g/mol. The Morgan fingerprint density at radius 1 is 0.852 bits per heavy atom. The van der Waals surface area contributed by atoms with Gasteiger partial charge < -0.3 is 26.4 Å². The number of amides is 5. The summed E-state index contributed by atoms with van der Waals surface area (Å²) in [6, 6.07) is 13.0. The van der Waals surface area contributed by atoms with Crippen molar-refractivity contribution >= 4 is 46.7 Å². The standard InChI is InChI=1S/C39H49N9O6/c40-36-31(25-29(44-45-36)26-11-7-8-14-32(26)49)47-23-21-46(22-24-47)20-19-42-33(50)15-6-4-2-1-3-5-9-18-41-28-13-10-12-27-35(28)39(54)48(38(27)53)30-16-17-34(51)43-37(30)52/h7-8,10-14,25,30,41,49H,1-6,9,15-24H2,(H2,40,45)(H,42,50)(H,43,51,52). The number of nitrogen functional groups attached to an aromatic ring is 1. The van der Waals surface area contributed by atoms with E-state index in [1.165, 1.54) is 0 Å². The number of rotatable bonds is 17. The highest BCUT2D eigenvalue weighted by Crippen LogP contribution is 2.33. The number of anilines is 3. The van der Waals surface area contributed by atoms with E-state index in [-0.39, 0.29) is 35.6 Å². The predicted molar refractivity (Wildman–Crippen MR) is 204 cm³/mol. The highest BCUT2D eigenvalue weighted by molar-refractivity contribution is 6.25. The number of unbranched alkanes of at least 4 members (excludes halogenated alkanes) is 6. The van der Waals surface area contributed by atoms with Gasteiger partial charge in [-0.3, -0.25) is 39.1 Å². The Morgan fingerprint density at radius 3 is 2.33 bits per heavy atom. The van der Waals surface area contributed by atoms with Gasteiger partial charge in [0.15, 0.2) is 5.82 Å². The molecule has 15 heteroatoms. The number of para-hydroxylation sites is 1. The number of piperidine rings is 1. The minimum absolute atomic E-state index is 0.0832. The van der Waals surface area contributed by atoms with Crippen molar-refractivity contribution in [2.75, 3.05) is 61.8 Å². The molecule has 3 aromatic rings. The number of aromatic hydroxyl groups is 1. The Balaban J connectivity index is 0.798. The Hall–Kier alpha value is -5.57. The van der Waals surface area contributed by atoms with E-state index >= 15 is 0 Å². The van der Waals surface area contributed by atoms with Crippen LogP contribution in [0.1, 0.15) is 84.9 Å². The van der Waals surface area contributed by atoms with E-state index in [2.05, 4.69) is 35.9 Å². The summed E-state index contributed by atoms with van der Waals surface area (Å²) in [5, 5.41) is 27.1. The summed E-state index contributed by atoms with van der Waals surface area (Å²) in [6.45, 7) is 5.24. The molecule has 15 nitrogen and oxygen atoms in total. The number of nitrogens with two attached hydrogens (primary N) is 1. The second-order valence-electron chi connectivity index (χ2n) is 14.0. The molecule has 0 bridgehead atoms. The van der Waals surface area contributed by atoms with Crippen LogP contribution in [0.15, 0.2) is 48.5 Å². The first-order chi connectivity index (χ1) is 26.2. The first-order valence-electron chi connectivity index (χ1n) is 19.0.